The summed E-state index contributed by atoms with van der Waals surface area (Å²) < 4.78 is 5.64. The molecule has 0 radical (unpaired) electrons. The van der Waals surface area contributed by atoms with E-state index in [2.05, 4.69) is 0 Å². The zero-order valence-corrected chi connectivity index (χ0v) is 10.8. The highest BCUT2D eigenvalue weighted by molar-refractivity contribution is 5.94. The Morgan fingerprint density at radius 1 is 1.33 bits per heavy atom. The van der Waals surface area contributed by atoms with E-state index in [1.807, 2.05) is 6.07 Å². The molecule has 0 aliphatic heterocycles. The quantitative estimate of drug-likeness (QED) is 0.833. The van der Waals surface area contributed by atoms with Crippen LogP contribution in [0, 0.1) is 0 Å². The molecule has 1 aromatic rings. The van der Waals surface area contributed by atoms with E-state index in [0.29, 0.717) is 17.9 Å². The van der Waals surface area contributed by atoms with Gasteiger partial charge in [0.05, 0.1) is 5.60 Å². The van der Waals surface area contributed by atoms with Gasteiger partial charge in [0.1, 0.15) is 12.4 Å². The summed E-state index contributed by atoms with van der Waals surface area (Å²) in [6.07, 6.45) is 4.93. The zero-order valence-electron chi connectivity index (χ0n) is 10.8. The molecule has 2 rings (SSSR count). The highest BCUT2D eigenvalue weighted by atomic mass is 16.5. The predicted octanol–water partition coefficient (Wildman–Crippen LogP) is 2.96. The van der Waals surface area contributed by atoms with Crippen LogP contribution in [0.3, 0.4) is 0 Å². The van der Waals surface area contributed by atoms with Gasteiger partial charge < -0.3 is 9.84 Å². The number of carbonyl (C=O) groups is 1. The van der Waals surface area contributed by atoms with E-state index >= 15 is 0 Å². The molecule has 1 N–H and O–H groups in total. The highest BCUT2D eigenvalue weighted by Crippen LogP contribution is 2.28. The van der Waals surface area contributed by atoms with Gasteiger partial charge in [0.2, 0.25) is 0 Å². The molecule has 0 spiro atoms. The summed E-state index contributed by atoms with van der Waals surface area (Å²) >= 11 is 0. The molecule has 0 amide bonds. The van der Waals surface area contributed by atoms with Gasteiger partial charge in [-0.15, -0.1) is 0 Å². The average Bonchev–Trinajstić information content (AvgIpc) is 2.38. The molecule has 1 aromatic carbocycles. The van der Waals surface area contributed by atoms with Crippen LogP contribution >= 0.6 is 0 Å². The molecule has 3 nitrogen and oxygen atoms in total. The fourth-order valence-electron chi connectivity index (χ4n) is 2.38. The first-order valence-corrected chi connectivity index (χ1v) is 6.55. The Labute approximate surface area is 108 Å². The normalized spacial score (nSPS) is 18.3. The molecule has 1 saturated carbocycles. The molecule has 0 heterocycles. The number of ether oxygens (including phenoxy) is 1. The lowest BCUT2D eigenvalue weighted by Crippen LogP contribution is -2.37. The van der Waals surface area contributed by atoms with Crippen molar-refractivity contribution in [2.24, 2.45) is 0 Å². The van der Waals surface area contributed by atoms with E-state index in [4.69, 9.17) is 4.74 Å². The molecule has 1 aliphatic carbocycles. The van der Waals surface area contributed by atoms with Crippen molar-refractivity contribution in [2.45, 2.75) is 44.6 Å². The minimum Gasteiger partial charge on any atom is -0.491 e. The van der Waals surface area contributed by atoms with E-state index in [1.54, 1.807) is 18.2 Å². The highest BCUT2D eigenvalue weighted by Gasteiger charge is 2.29. The Kier molecular flexibility index (Phi) is 4.02. The third-order valence-electron chi connectivity index (χ3n) is 3.53. The van der Waals surface area contributed by atoms with Crippen LogP contribution in [0.4, 0.5) is 0 Å². The third kappa shape index (κ3) is 3.33. The van der Waals surface area contributed by atoms with Crippen LogP contribution in [0.2, 0.25) is 0 Å². The second-order valence-electron chi connectivity index (χ2n) is 5.16. The van der Waals surface area contributed by atoms with Gasteiger partial charge in [-0.1, -0.05) is 31.4 Å². The molecule has 1 fully saturated rings. The molecule has 0 unspecified atom stereocenters. The summed E-state index contributed by atoms with van der Waals surface area (Å²) in [5.74, 6) is 0.679. The maximum atomic E-state index is 11.3. The molecule has 0 saturated heterocycles. The van der Waals surface area contributed by atoms with Crippen LogP contribution in [0.15, 0.2) is 24.3 Å². The number of benzene rings is 1. The summed E-state index contributed by atoms with van der Waals surface area (Å²) in [5, 5.41) is 10.3. The number of aliphatic hydroxyl groups is 1. The van der Waals surface area contributed by atoms with Crippen molar-refractivity contribution < 1.29 is 14.6 Å². The van der Waals surface area contributed by atoms with Crippen molar-refractivity contribution in [3.63, 3.8) is 0 Å². The van der Waals surface area contributed by atoms with Crippen molar-refractivity contribution in [2.75, 3.05) is 6.61 Å². The van der Waals surface area contributed by atoms with Crippen LogP contribution in [0.1, 0.15) is 49.4 Å². The van der Waals surface area contributed by atoms with Crippen molar-refractivity contribution in [3.8, 4) is 5.75 Å². The lowest BCUT2D eigenvalue weighted by Gasteiger charge is -2.31. The van der Waals surface area contributed by atoms with Crippen LogP contribution in [-0.2, 0) is 0 Å². The number of ketones is 1. The van der Waals surface area contributed by atoms with Gasteiger partial charge in [-0.25, -0.2) is 0 Å². The van der Waals surface area contributed by atoms with Gasteiger partial charge in [0.15, 0.2) is 5.78 Å². The van der Waals surface area contributed by atoms with Crippen LogP contribution < -0.4 is 4.74 Å². The molecule has 3 heteroatoms. The fraction of sp³-hybridized carbons (Fsp3) is 0.533. The summed E-state index contributed by atoms with van der Waals surface area (Å²) in [7, 11) is 0. The first-order chi connectivity index (χ1) is 8.59. The minimum atomic E-state index is -0.690. The molecule has 98 valence electrons. The molecule has 1 aliphatic rings. The number of Topliss-reactive ketones (excluding diaryl/α,β-unsaturated/α-hetero) is 1. The summed E-state index contributed by atoms with van der Waals surface area (Å²) in [6, 6.07) is 7.12. The summed E-state index contributed by atoms with van der Waals surface area (Å²) in [5.41, 5.74) is -0.0482. The van der Waals surface area contributed by atoms with Gasteiger partial charge in [-0.05, 0) is 31.9 Å². The second kappa shape index (κ2) is 5.53. The fourth-order valence-corrected chi connectivity index (χ4v) is 2.38. The van der Waals surface area contributed by atoms with E-state index in [1.165, 1.54) is 13.3 Å². The molecular formula is C15H20O3. The number of carbonyl (C=O) groups excluding carboxylic acids is 1. The number of hydrogen-bond donors (Lipinski definition) is 1. The summed E-state index contributed by atoms with van der Waals surface area (Å²) in [4.78, 5) is 11.3. The summed E-state index contributed by atoms with van der Waals surface area (Å²) in [6.45, 7) is 1.85. The van der Waals surface area contributed by atoms with Crippen LogP contribution in [0.5, 0.6) is 5.75 Å². The Morgan fingerprint density at radius 3 is 2.72 bits per heavy atom. The predicted molar refractivity (Wildman–Crippen MR) is 70.0 cm³/mol. The number of rotatable bonds is 4. The first kappa shape index (κ1) is 13.1. The smallest absolute Gasteiger partial charge is 0.159 e. The first-order valence-electron chi connectivity index (χ1n) is 6.55. The van der Waals surface area contributed by atoms with E-state index in [0.717, 1.165) is 25.7 Å². The van der Waals surface area contributed by atoms with Gasteiger partial charge in [-0.2, -0.15) is 0 Å². The monoisotopic (exact) mass is 248 g/mol. The van der Waals surface area contributed by atoms with Crippen molar-refractivity contribution in [1.29, 1.82) is 0 Å². The van der Waals surface area contributed by atoms with Gasteiger partial charge in [-0.3, -0.25) is 4.79 Å². The molecule has 18 heavy (non-hydrogen) atoms. The Balaban J connectivity index is 1.97. The number of hydrogen-bond acceptors (Lipinski definition) is 3. The van der Waals surface area contributed by atoms with Crippen LogP contribution in [-0.4, -0.2) is 23.1 Å². The molecular weight excluding hydrogens is 228 g/mol. The molecule has 0 bridgehead atoms. The Bertz CT molecular complexity index is 420. The van der Waals surface area contributed by atoms with Gasteiger partial charge >= 0.3 is 0 Å². The third-order valence-corrected chi connectivity index (χ3v) is 3.53. The SMILES string of the molecule is CC(=O)c1cccc(OCC2(O)CCCCC2)c1. The maximum absolute atomic E-state index is 11.3. The zero-order chi connectivity index (χ0) is 13.0. The molecule has 0 atom stereocenters. The standard InChI is InChI=1S/C15H20O3/c1-12(16)13-6-5-7-14(10-13)18-11-15(17)8-3-2-4-9-15/h5-7,10,17H,2-4,8-9,11H2,1H3. The Hall–Kier alpha value is -1.35. The minimum absolute atomic E-state index is 0.0248. The lowest BCUT2D eigenvalue weighted by atomic mass is 9.85. The van der Waals surface area contributed by atoms with E-state index < -0.39 is 5.60 Å². The maximum Gasteiger partial charge on any atom is 0.159 e. The van der Waals surface area contributed by atoms with Crippen molar-refractivity contribution >= 4 is 5.78 Å². The molecule has 0 aromatic heterocycles. The Morgan fingerprint density at radius 2 is 2.06 bits per heavy atom. The average molecular weight is 248 g/mol. The largest absolute Gasteiger partial charge is 0.491 e. The van der Waals surface area contributed by atoms with Crippen molar-refractivity contribution in [3.05, 3.63) is 29.8 Å². The second-order valence-corrected chi connectivity index (χ2v) is 5.16. The van der Waals surface area contributed by atoms with Gasteiger partial charge in [0, 0.05) is 5.56 Å². The van der Waals surface area contributed by atoms with Crippen LogP contribution in [0.25, 0.3) is 0 Å². The van der Waals surface area contributed by atoms with Gasteiger partial charge in [0.25, 0.3) is 0 Å². The topological polar surface area (TPSA) is 46.5 Å². The van der Waals surface area contributed by atoms with E-state index in [9.17, 15) is 9.90 Å². The lowest BCUT2D eigenvalue weighted by molar-refractivity contribution is -0.0339. The van der Waals surface area contributed by atoms with E-state index in [-0.39, 0.29) is 5.78 Å². The van der Waals surface area contributed by atoms with Crippen molar-refractivity contribution in [1.82, 2.24) is 0 Å².